The SMILES string of the molecule is Cc1ccc(S(=O)(=O)N(CC(=O)N(Cc2cccc(Cl)c2)C(Cc2ccccc2)C(=O)NC2CCCCC2)c2cc(C)cc(C)c2)cc1. The first-order valence-electron chi connectivity index (χ1n) is 16.6. The second-order valence-corrected chi connectivity index (χ2v) is 15.2. The molecule has 4 aromatic carbocycles. The van der Waals surface area contributed by atoms with Crippen LogP contribution in [0.5, 0.6) is 0 Å². The van der Waals surface area contributed by atoms with Gasteiger partial charge in [-0.25, -0.2) is 8.42 Å². The lowest BCUT2D eigenvalue weighted by atomic mass is 9.94. The predicted octanol–water partition coefficient (Wildman–Crippen LogP) is 7.55. The first-order valence-corrected chi connectivity index (χ1v) is 18.4. The molecule has 252 valence electrons. The standard InChI is InChI=1S/C39H44ClN3O4S/c1-28-17-19-36(20-18-28)48(46,47)43(35-22-29(2)21-30(3)23-35)27-38(44)42(26-32-13-10-14-33(40)24-32)37(25-31-11-6-4-7-12-31)39(45)41-34-15-8-5-9-16-34/h4,6-7,10-14,17-24,34,37H,5,8-9,15-16,25-27H2,1-3H3,(H,41,45). The Morgan fingerprint density at radius 2 is 1.44 bits per heavy atom. The van der Waals surface area contributed by atoms with E-state index in [9.17, 15) is 18.0 Å². The summed E-state index contributed by atoms with van der Waals surface area (Å²) in [6.07, 6.45) is 5.27. The minimum atomic E-state index is -4.18. The van der Waals surface area contributed by atoms with Crippen LogP contribution in [0.2, 0.25) is 5.02 Å². The number of sulfonamides is 1. The van der Waals surface area contributed by atoms with E-state index >= 15 is 0 Å². The molecule has 5 rings (SSSR count). The monoisotopic (exact) mass is 685 g/mol. The van der Waals surface area contributed by atoms with Crippen LogP contribution in [0.3, 0.4) is 0 Å². The molecule has 0 spiro atoms. The van der Waals surface area contributed by atoms with E-state index in [1.165, 1.54) is 9.21 Å². The summed E-state index contributed by atoms with van der Waals surface area (Å²) in [6.45, 7) is 5.25. The number of hydrogen-bond acceptors (Lipinski definition) is 4. The van der Waals surface area contributed by atoms with Crippen molar-refractivity contribution in [1.29, 1.82) is 0 Å². The molecule has 0 bridgehead atoms. The van der Waals surface area contributed by atoms with Crippen molar-refractivity contribution >= 4 is 39.1 Å². The van der Waals surface area contributed by atoms with E-state index in [4.69, 9.17) is 11.6 Å². The number of carbonyl (C=O) groups is 2. The van der Waals surface area contributed by atoms with Crippen molar-refractivity contribution in [2.75, 3.05) is 10.8 Å². The second kappa shape index (κ2) is 15.8. The fourth-order valence-corrected chi connectivity index (χ4v) is 8.00. The summed E-state index contributed by atoms with van der Waals surface area (Å²) in [5, 5.41) is 3.75. The van der Waals surface area contributed by atoms with Crippen LogP contribution in [0.1, 0.15) is 59.9 Å². The molecule has 0 aromatic heterocycles. The molecule has 1 atom stereocenters. The number of amides is 2. The molecule has 1 N–H and O–H groups in total. The summed E-state index contributed by atoms with van der Waals surface area (Å²) in [5.74, 6) is -0.745. The third kappa shape index (κ3) is 9.05. The fourth-order valence-electron chi connectivity index (χ4n) is 6.39. The Bertz CT molecular complexity index is 1800. The van der Waals surface area contributed by atoms with Crippen LogP contribution >= 0.6 is 11.6 Å². The molecule has 0 aliphatic heterocycles. The minimum absolute atomic E-state index is 0.0290. The molecule has 0 radical (unpaired) electrons. The van der Waals surface area contributed by atoms with Gasteiger partial charge in [0.05, 0.1) is 10.6 Å². The van der Waals surface area contributed by atoms with Crippen molar-refractivity contribution in [1.82, 2.24) is 10.2 Å². The van der Waals surface area contributed by atoms with E-state index in [0.29, 0.717) is 10.7 Å². The Morgan fingerprint density at radius 1 is 0.792 bits per heavy atom. The molecule has 0 heterocycles. The lowest BCUT2D eigenvalue weighted by Gasteiger charge is -2.35. The molecule has 2 amide bonds. The van der Waals surface area contributed by atoms with Gasteiger partial charge in [0.15, 0.2) is 0 Å². The first kappa shape index (κ1) is 35.2. The van der Waals surface area contributed by atoms with Gasteiger partial charge < -0.3 is 10.2 Å². The normalized spacial score (nSPS) is 14.2. The molecule has 48 heavy (non-hydrogen) atoms. The van der Waals surface area contributed by atoms with Crippen molar-refractivity contribution in [2.45, 2.75) is 82.8 Å². The van der Waals surface area contributed by atoms with Gasteiger partial charge in [0, 0.05) is 24.0 Å². The zero-order valence-corrected chi connectivity index (χ0v) is 29.4. The number of benzene rings is 4. The van der Waals surface area contributed by atoms with Gasteiger partial charge in [0.2, 0.25) is 11.8 Å². The maximum Gasteiger partial charge on any atom is 0.264 e. The predicted molar refractivity (Wildman–Crippen MR) is 193 cm³/mol. The van der Waals surface area contributed by atoms with Gasteiger partial charge in [-0.3, -0.25) is 13.9 Å². The summed E-state index contributed by atoms with van der Waals surface area (Å²) in [4.78, 5) is 30.6. The zero-order chi connectivity index (χ0) is 34.3. The average molecular weight is 686 g/mol. The van der Waals surface area contributed by atoms with Crippen LogP contribution in [0.25, 0.3) is 0 Å². The van der Waals surface area contributed by atoms with E-state index in [1.807, 2.05) is 63.2 Å². The highest BCUT2D eigenvalue weighted by atomic mass is 35.5. The number of aryl methyl sites for hydroxylation is 3. The van der Waals surface area contributed by atoms with E-state index in [-0.39, 0.29) is 29.8 Å². The van der Waals surface area contributed by atoms with Gasteiger partial charge in [0.25, 0.3) is 10.0 Å². The van der Waals surface area contributed by atoms with Gasteiger partial charge in [0.1, 0.15) is 12.6 Å². The number of hydrogen-bond donors (Lipinski definition) is 1. The van der Waals surface area contributed by atoms with Crippen molar-refractivity contribution in [2.24, 2.45) is 0 Å². The topological polar surface area (TPSA) is 86.8 Å². The molecule has 7 nitrogen and oxygen atoms in total. The quantitative estimate of drug-likeness (QED) is 0.167. The molecule has 1 aliphatic carbocycles. The molecule has 4 aromatic rings. The second-order valence-electron chi connectivity index (χ2n) is 12.9. The molecule has 1 fully saturated rings. The Hall–Kier alpha value is -4.14. The van der Waals surface area contributed by atoms with Crippen LogP contribution in [0.4, 0.5) is 5.69 Å². The van der Waals surface area contributed by atoms with E-state index < -0.39 is 28.5 Å². The van der Waals surface area contributed by atoms with Crippen LogP contribution in [0, 0.1) is 20.8 Å². The Morgan fingerprint density at radius 3 is 2.08 bits per heavy atom. The Labute approximate surface area is 290 Å². The van der Waals surface area contributed by atoms with Gasteiger partial charge in [-0.2, -0.15) is 0 Å². The van der Waals surface area contributed by atoms with Crippen molar-refractivity contribution in [3.05, 3.63) is 130 Å². The van der Waals surface area contributed by atoms with E-state index in [0.717, 1.165) is 59.9 Å². The number of halogens is 1. The number of anilines is 1. The van der Waals surface area contributed by atoms with Crippen LogP contribution < -0.4 is 9.62 Å². The minimum Gasteiger partial charge on any atom is -0.352 e. The summed E-state index contributed by atoms with van der Waals surface area (Å²) in [6, 6.07) is 28.0. The smallest absolute Gasteiger partial charge is 0.264 e. The molecule has 9 heteroatoms. The molecule has 0 saturated heterocycles. The number of nitrogens with zero attached hydrogens (tertiary/aromatic N) is 2. The molecular weight excluding hydrogens is 642 g/mol. The fraction of sp³-hybridized carbons (Fsp3) is 0.333. The van der Waals surface area contributed by atoms with Gasteiger partial charge in [-0.05, 0) is 92.3 Å². The third-order valence-corrected chi connectivity index (χ3v) is 10.9. The summed E-state index contributed by atoms with van der Waals surface area (Å²) < 4.78 is 29.9. The maximum absolute atomic E-state index is 14.8. The Kier molecular flexibility index (Phi) is 11.6. The summed E-state index contributed by atoms with van der Waals surface area (Å²) in [5.41, 5.74) is 4.67. The molecule has 1 saturated carbocycles. The summed E-state index contributed by atoms with van der Waals surface area (Å²) in [7, 11) is -4.18. The van der Waals surface area contributed by atoms with Crippen molar-refractivity contribution in [3.8, 4) is 0 Å². The van der Waals surface area contributed by atoms with E-state index in [1.54, 1.807) is 54.6 Å². The first-order chi connectivity index (χ1) is 23.0. The lowest BCUT2D eigenvalue weighted by Crippen LogP contribution is -2.55. The molecular formula is C39H44ClN3O4S. The Balaban J connectivity index is 1.58. The summed E-state index contributed by atoms with van der Waals surface area (Å²) >= 11 is 6.37. The van der Waals surface area contributed by atoms with Gasteiger partial charge >= 0.3 is 0 Å². The number of carbonyl (C=O) groups excluding carboxylic acids is 2. The molecule has 1 unspecified atom stereocenters. The third-order valence-electron chi connectivity index (χ3n) is 8.85. The zero-order valence-electron chi connectivity index (χ0n) is 27.9. The van der Waals surface area contributed by atoms with Gasteiger partial charge in [-0.1, -0.05) is 97.1 Å². The lowest BCUT2D eigenvalue weighted by molar-refractivity contribution is -0.140. The van der Waals surface area contributed by atoms with Gasteiger partial charge in [-0.15, -0.1) is 0 Å². The van der Waals surface area contributed by atoms with E-state index in [2.05, 4.69) is 5.32 Å². The highest BCUT2D eigenvalue weighted by molar-refractivity contribution is 7.92. The van der Waals surface area contributed by atoms with Crippen LogP contribution in [-0.4, -0.2) is 43.8 Å². The maximum atomic E-state index is 14.8. The van der Waals surface area contributed by atoms with Crippen molar-refractivity contribution in [3.63, 3.8) is 0 Å². The number of rotatable bonds is 12. The molecule has 1 aliphatic rings. The highest BCUT2D eigenvalue weighted by Crippen LogP contribution is 2.28. The largest absolute Gasteiger partial charge is 0.352 e. The van der Waals surface area contributed by atoms with Crippen LogP contribution in [-0.2, 0) is 32.6 Å². The highest BCUT2D eigenvalue weighted by Gasteiger charge is 2.35. The average Bonchev–Trinajstić information content (AvgIpc) is 3.05. The number of nitrogens with one attached hydrogen (secondary N) is 1. The van der Waals surface area contributed by atoms with Crippen molar-refractivity contribution < 1.29 is 18.0 Å². The van der Waals surface area contributed by atoms with Crippen LogP contribution in [0.15, 0.2) is 102 Å².